The van der Waals surface area contributed by atoms with Crippen LogP contribution in [0.1, 0.15) is 18.9 Å². The average Bonchev–Trinajstić information content (AvgIpc) is 2.84. The van der Waals surface area contributed by atoms with Gasteiger partial charge in [0, 0.05) is 5.56 Å². The first kappa shape index (κ1) is 13.6. The topological polar surface area (TPSA) is 78.9 Å². The van der Waals surface area contributed by atoms with Crippen molar-refractivity contribution >= 4 is 17.7 Å². The third-order valence-corrected chi connectivity index (χ3v) is 3.97. The normalized spacial score (nSPS) is 12.3. The summed E-state index contributed by atoms with van der Waals surface area (Å²) in [7, 11) is 0. The van der Waals surface area contributed by atoms with E-state index < -0.39 is 11.2 Å². The highest BCUT2D eigenvalue weighted by Gasteiger charge is 2.19. The van der Waals surface area contributed by atoms with Crippen LogP contribution in [0.5, 0.6) is 0 Å². The van der Waals surface area contributed by atoms with E-state index in [2.05, 4.69) is 15.2 Å². The van der Waals surface area contributed by atoms with Gasteiger partial charge in [-0.05, 0) is 18.9 Å². The van der Waals surface area contributed by atoms with E-state index in [0.717, 1.165) is 11.1 Å². The maximum Gasteiger partial charge on any atom is 0.317 e. The van der Waals surface area contributed by atoms with Gasteiger partial charge in [-0.25, -0.2) is 4.98 Å². The Hall–Kier alpha value is -1.82. The molecule has 0 saturated carbocycles. The van der Waals surface area contributed by atoms with Gasteiger partial charge in [0.05, 0.1) is 0 Å². The number of hydrogen-bond donors (Lipinski definition) is 2. The van der Waals surface area contributed by atoms with Crippen LogP contribution in [0.4, 0.5) is 0 Å². The van der Waals surface area contributed by atoms with Crippen molar-refractivity contribution < 1.29 is 9.90 Å². The van der Waals surface area contributed by atoms with Crippen molar-refractivity contribution in [3.05, 3.63) is 29.8 Å². The minimum absolute atomic E-state index is 0.465. The molecule has 0 saturated heterocycles. The van der Waals surface area contributed by atoms with Gasteiger partial charge < -0.3 is 5.11 Å². The van der Waals surface area contributed by atoms with Gasteiger partial charge in [-0.3, -0.25) is 9.89 Å². The maximum absolute atomic E-state index is 11.0. The lowest BCUT2D eigenvalue weighted by Gasteiger charge is -2.04. The number of carbonyl (C=O) groups is 1. The molecule has 2 N–H and O–H groups in total. The van der Waals surface area contributed by atoms with Gasteiger partial charge in [0.15, 0.2) is 5.82 Å². The molecule has 0 fully saturated rings. The van der Waals surface area contributed by atoms with Crippen molar-refractivity contribution in [3.63, 3.8) is 0 Å². The second-order valence-corrected chi connectivity index (χ2v) is 5.30. The number of carboxylic acids is 1. The molecule has 6 heteroatoms. The molecule has 0 aliphatic heterocycles. The van der Waals surface area contributed by atoms with E-state index in [1.807, 2.05) is 38.1 Å². The first-order chi connectivity index (χ1) is 9.11. The maximum atomic E-state index is 11.0. The number of aromatic nitrogens is 3. The molecule has 0 amide bonds. The lowest BCUT2D eigenvalue weighted by molar-refractivity contribution is -0.136. The summed E-state index contributed by atoms with van der Waals surface area (Å²) in [5, 5.41) is 15.9. The van der Waals surface area contributed by atoms with E-state index in [-0.39, 0.29) is 0 Å². The van der Waals surface area contributed by atoms with Crippen LogP contribution in [-0.2, 0) is 4.79 Å². The number of H-pyrrole nitrogens is 1. The van der Waals surface area contributed by atoms with E-state index in [9.17, 15) is 4.79 Å². The van der Waals surface area contributed by atoms with E-state index in [1.54, 1.807) is 0 Å². The molecule has 2 aromatic rings. The first-order valence-corrected chi connectivity index (χ1v) is 6.87. The molecule has 1 aromatic heterocycles. The molecule has 19 heavy (non-hydrogen) atoms. The Kier molecular flexibility index (Phi) is 4.21. The minimum Gasteiger partial charge on any atom is -0.480 e. The average molecular weight is 277 g/mol. The molecule has 1 aromatic carbocycles. The molecule has 0 aliphatic rings. The van der Waals surface area contributed by atoms with Crippen molar-refractivity contribution in [2.75, 3.05) is 0 Å². The number of thioether (sulfide) groups is 1. The van der Waals surface area contributed by atoms with Gasteiger partial charge in [0.25, 0.3) is 0 Å². The van der Waals surface area contributed by atoms with Gasteiger partial charge >= 0.3 is 5.97 Å². The van der Waals surface area contributed by atoms with Crippen molar-refractivity contribution in [1.82, 2.24) is 15.2 Å². The van der Waals surface area contributed by atoms with Crippen LogP contribution in [0.25, 0.3) is 11.4 Å². The highest BCUT2D eigenvalue weighted by atomic mass is 32.2. The predicted molar refractivity (Wildman–Crippen MR) is 74.1 cm³/mol. The van der Waals surface area contributed by atoms with Gasteiger partial charge in [0.1, 0.15) is 5.25 Å². The number of nitrogens with zero attached hydrogens (tertiary/aromatic N) is 2. The number of nitrogens with one attached hydrogen (secondary N) is 1. The molecular formula is C13H15N3O2S. The fourth-order valence-electron chi connectivity index (χ4n) is 1.69. The Labute approximate surface area is 115 Å². The highest BCUT2D eigenvalue weighted by Crippen LogP contribution is 2.25. The quantitative estimate of drug-likeness (QED) is 0.821. The standard InChI is InChI=1S/C13H15N3O2S/c1-3-10(12(17)18)19-13-14-11(15-16-13)9-7-5-4-6-8(9)2/h4-7,10H,3H2,1-2H3,(H,17,18)(H,14,15,16)/t10-/m1/s1. The van der Waals surface area contributed by atoms with Crippen LogP contribution in [0.2, 0.25) is 0 Å². The molecule has 0 unspecified atom stereocenters. The Balaban J connectivity index is 2.20. The summed E-state index contributed by atoms with van der Waals surface area (Å²) in [6, 6.07) is 7.85. The van der Waals surface area contributed by atoms with Gasteiger partial charge in [-0.15, -0.1) is 5.10 Å². The summed E-state index contributed by atoms with van der Waals surface area (Å²) in [6.07, 6.45) is 0.536. The van der Waals surface area contributed by atoms with Crippen LogP contribution in [0, 0.1) is 6.92 Å². The Morgan fingerprint density at radius 2 is 2.21 bits per heavy atom. The Morgan fingerprint density at radius 1 is 1.47 bits per heavy atom. The second-order valence-electron chi connectivity index (χ2n) is 4.13. The highest BCUT2D eigenvalue weighted by molar-refractivity contribution is 8.00. The molecule has 5 nitrogen and oxygen atoms in total. The number of carboxylic acid groups (broad SMARTS) is 1. The SMILES string of the molecule is CC[C@@H](Sc1n[nH]c(-c2ccccc2C)n1)C(=O)O. The fourth-order valence-corrected chi connectivity index (χ4v) is 2.46. The summed E-state index contributed by atoms with van der Waals surface area (Å²) < 4.78 is 0. The second kappa shape index (κ2) is 5.88. The van der Waals surface area contributed by atoms with Gasteiger partial charge in [-0.1, -0.05) is 43.0 Å². The minimum atomic E-state index is -0.838. The molecule has 2 rings (SSSR count). The Bertz CT molecular complexity index is 583. The predicted octanol–water partition coefficient (Wildman–Crippen LogP) is 2.74. The third kappa shape index (κ3) is 3.14. The van der Waals surface area contributed by atoms with Crippen LogP contribution >= 0.6 is 11.8 Å². The molecule has 1 heterocycles. The first-order valence-electron chi connectivity index (χ1n) is 5.99. The molecule has 0 bridgehead atoms. The zero-order valence-electron chi connectivity index (χ0n) is 10.8. The summed E-state index contributed by atoms with van der Waals surface area (Å²) >= 11 is 1.17. The van der Waals surface area contributed by atoms with Crippen LogP contribution < -0.4 is 0 Å². The summed E-state index contributed by atoms with van der Waals surface area (Å²) in [5.41, 5.74) is 2.07. The van der Waals surface area contributed by atoms with Gasteiger partial charge in [-0.2, -0.15) is 0 Å². The smallest absolute Gasteiger partial charge is 0.317 e. The molecule has 0 spiro atoms. The van der Waals surface area contributed by atoms with Crippen molar-refractivity contribution in [3.8, 4) is 11.4 Å². The van der Waals surface area contributed by atoms with Crippen LogP contribution in [-0.4, -0.2) is 31.5 Å². The molecular weight excluding hydrogens is 262 g/mol. The summed E-state index contributed by atoms with van der Waals surface area (Å²) in [6.45, 7) is 3.83. The monoisotopic (exact) mass is 277 g/mol. The Morgan fingerprint density at radius 3 is 2.84 bits per heavy atom. The number of aromatic amines is 1. The molecule has 0 aliphatic carbocycles. The lowest BCUT2D eigenvalue weighted by atomic mass is 10.1. The van der Waals surface area contributed by atoms with E-state index in [0.29, 0.717) is 17.4 Å². The molecule has 0 radical (unpaired) electrons. The van der Waals surface area contributed by atoms with E-state index in [4.69, 9.17) is 5.11 Å². The number of aliphatic carboxylic acids is 1. The zero-order chi connectivity index (χ0) is 13.8. The zero-order valence-corrected chi connectivity index (χ0v) is 11.6. The van der Waals surface area contributed by atoms with Crippen LogP contribution in [0.3, 0.4) is 0 Å². The van der Waals surface area contributed by atoms with Crippen molar-refractivity contribution in [2.24, 2.45) is 0 Å². The number of aryl methyl sites for hydroxylation is 1. The number of rotatable bonds is 5. The van der Waals surface area contributed by atoms with Crippen molar-refractivity contribution in [1.29, 1.82) is 0 Å². The van der Waals surface area contributed by atoms with E-state index >= 15 is 0 Å². The molecule has 1 atom stereocenters. The summed E-state index contributed by atoms with van der Waals surface area (Å²) in [4.78, 5) is 15.3. The number of benzene rings is 1. The molecule has 100 valence electrons. The van der Waals surface area contributed by atoms with Crippen LogP contribution in [0.15, 0.2) is 29.4 Å². The third-order valence-electron chi connectivity index (χ3n) is 2.76. The largest absolute Gasteiger partial charge is 0.480 e. The van der Waals surface area contributed by atoms with Crippen molar-refractivity contribution in [2.45, 2.75) is 30.7 Å². The summed E-state index contributed by atoms with van der Waals surface area (Å²) in [5.74, 6) is -0.171. The van der Waals surface area contributed by atoms with Gasteiger partial charge in [0.2, 0.25) is 5.16 Å². The number of hydrogen-bond acceptors (Lipinski definition) is 4. The fraction of sp³-hybridized carbons (Fsp3) is 0.308. The van der Waals surface area contributed by atoms with E-state index in [1.165, 1.54) is 11.8 Å². The lowest BCUT2D eigenvalue weighted by Crippen LogP contribution is -2.14.